The Bertz CT molecular complexity index is 1450. The molecule has 1 heterocycles. The maximum absolute atomic E-state index is 15.5. The minimum Gasteiger partial charge on any atom is -0.492 e. The number of hydrazone groups is 1. The molecular weight excluding hydrogens is 563 g/mol. The van der Waals surface area contributed by atoms with Crippen LogP contribution in [0.2, 0.25) is 0 Å². The Labute approximate surface area is 270 Å². The summed E-state index contributed by atoms with van der Waals surface area (Å²) in [5.74, 6) is 2.64. The van der Waals surface area contributed by atoms with Crippen LogP contribution in [0.25, 0.3) is 0 Å². The molecule has 0 aromatic heterocycles. The number of anilines is 1. The van der Waals surface area contributed by atoms with Crippen LogP contribution in [0.3, 0.4) is 0 Å². The van der Waals surface area contributed by atoms with Crippen molar-refractivity contribution in [3.63, 3.8) is 0 Å². The molecule has 0 fully saturated rings. The van der Waals surface area contributed by atoms with Gasteiger partial charge in [0.25, 0.3) is 0 Å². The Morgan fingerprint density at radius 1 is 1.07 bits per heavy atom. The first kappa shape index (κ1) is 35.4. The molecule has 0 saturated carbocycles. The molecule has 0 amide bonds. The molecule has 6 nitrogen and oxygen atoms in total. The third kappa shape index (κ3) is 10.5. The summed E-state index contributed by atoms with van der Waals surface area (Å²) in [5.41, 5.74) is 4.35. The fourth-order valence-corrected chi connectivity index (χ4v) is 5.01. The number of amidine groups is 1. The molecular formula is C38H51FN4O2. The first-order valence-corrected chi connectivity index (χ1v) is 16.3. The molecule has 0 aliphatic carbocycles. The van der Waals surface area contributed by atoms with E-state index in [9.17, 15) is 0 Å². The van der Waals surface area contributed by atoms with Gasteiger partial charge in [-0.25, -0.2) is 14.4 Å². The lowest BCUT2D eigenvalue weighted by molar-refractivity contribution is 0.232. The molecule has 242 valence electrons. The number of ether oxygens (including phenoxy) is 2. The maximum Gasteiger partial charge on any atom is 0.167 e. The first-order valence-electron chi connectivity index (χ1n) is 16.3. The highest BCUT2D eigenvalue weighted by Gasteiger charge is 2.19. The number of allylic oxidation sites excluding steroid dienone is 4. The van der Waals surface area contributed by atoms with E-state index >= 15 is 4.39 Å². The summed E-state index contributed by atoms with van der Waals surface area (Å²) < 4.78 is 27.9. The maximum atomic E-state index is 15.5. The first-order chi connectivity index (χ1) is 21.7. The smallest absolute Gasteiger partial charge is 0.167 e. The van der Waals surface area contributed by atoms with E-state index in [1.807, 2.05) is 38.3 Å². The van der Waals surface area contributed by atoms with Gasteiger partial charge in [0, 0.05) is 36.4 Å². The highest BCUT2D eigenvalue weighted by Crippen LogP contribution is 2.31. The van der Waals surface area contributed by atoms with E-state index in [4.69, 9.17) is 14.5 Å². The molecule has 0 saturated heterocycles. The van der Waals surface area contributed by atoms with Crippen molar-refractivity contribution in [2.75, 3.05) is 11.9 Å². The SMILES string of the molecule is C/C=N\N1C=CC(Oc2ccc(NC(=N/C=C/CCC)c3c(C)ccc(C)c3OCC(C)CC(C)CC)cc2F)=C/C1=C\CC. The van der Waals surface area contributed by atoms with Crippen LogP contribution >= 0.6 is 0 Å². The number of unbranched alkanes of at least 4 members (excludes halogenated alkanes) is 1. The van der Waals surface area contributed by atoms with Crippen LogP contribution in [0.15, 0.2) is 88.6 Å². The van der Waals surface area contributed by atoms with Crippen molar-refractivity contribution in [2.24, 2.45) is 21.9 Å². The topological polar surface area (TPSA) is 58.5 Å². The van der Waals surface area contributed by atoms with Gasteiger partial charge >= 0.3 is 0 Å². The molecule has 0 spiro atoms. The van der Waals surface area contributed by atoms with Crippen LogP contribution in [0.1, 0.15) is 90.3 Å². The zero-order valence-corrected chi connectivity index (χ0v) is 28.4. The number of aryl methyl sites for hydroxylation is 2. The van der Waals surface area contributed by atoms with Crippen molar-refractivity contribution in [1.29, 1.82) is 0 Å². The van der Waals surface area contributed by atoms with Crippen LogP contribution in [0.4, 0.5) is 10.1 Å². The molecule has 2 atom stereocenters. The van der Waals surface area contributed by atoms with E-state index in [0.29, 0.717) is 35.7 Å². The number of halogens is 1. The minimum absolute atomic E-state index is 0.132. The number of hydrogen-bond donors (Lipinski definition) is 1. The quantitative estimate of drug-likeness (QED) is 0.160. The highest BCUT2D eigenvalue weighted by atomic mass is 19.1. The number of nitrogens with one attached hydrogen (secondary N) is 1. The van der Waals surface area contributed by atoms with Gasteiger partial charge in [-0.05, 0) is 81.2 Å². The van der Waals surface area contributed by atoms with Crippen LogP contribution < -0.4 is 14.8 Å². The third-order valence-corrected chi connectivity index (χ3v) is 7.59. The van der Waals surface area contributed by atoms with E-state index in [-0.39, 0.29) is 5.75 Å². The second kappa shape index (κ2) is 18.0. The molecule has 7 heteroatoms. The molecule has 45 heavy (non-hydrogen) atoms. The van der Waals surface area contributed by atoms with Gasteiger partial charge in [0.15, 0.2) is 11.6 Å². The van der Waals surface area contributed by atoms with Crippen molar-refractivity contribution < 1.29 is 13.9 Å². The second-order valence-corrected chi connectivity index (χ2v) is 11.7. The summed E-state index contributed by atoms with van der Waals surface area (Å²) in [6.07, 6.45) is 18.1. The summed E-state index contributed by atoms with van der Waals surface area (Å²) in [6.45, 7) is 17.5. The average Bonchev–Trinajstić information content (AvgIpc) is 3.01. The van der Waals surface area contributed by atoms with Crippen molar-refractivity contribution in [3.05, 3.63) is 101 Å². The number of rotatable bonds is 15. The predicted octanol–water partition coefficient (Wildman–Crippen LogP) is 10.5. The molecule has 2 aromatic rings. The van der Waals surface area contributed by atoms with Gasteiger partial charge in [0.2, 0.25) is 0 Å². The summed E-state index contributed by atoms with van der Waals surface area (Å²) in [4.78, 5) is 4.82. The van der Waals surface area contributed by atoms with Crippen molar-refractivity contribution in [3.8, 4) is 11.5 Å². The Hall–Kier alpha value is -4.13. The Morgan fingerprint density at radius 2 is 1.84 bits per heavy atom. The van der Waals surface area contributed by atoms with E-state index in [2.05, 4.69) is 64.1 Å². The fraction of sp³-hybridized carbons (Fsp3) is 0.421. The molecule has 2 unspecified atom stereocenters. The van der Waals surface area contributed by atoms with Crippen LogP contribution in [0.5, 0.6) is 11.5 Å². The van der Waals surface area contributed by atoms with E-state index in [1.54, 1.807) is 35.6 Å². The molecule has 1 aliphatic heterocycles. The van der Waals surface area contributed by atoms with E-state index in [0.717, 1.165) is 60.2 Å². The molecule has 2 aromatic carbocycles. The largest absolute Gasteiger partial charge is 0.492 e. The van der Waals surface area contributed by atoms with Gasteiger partial charge in [0.05, 0.1) is 17.9 Å². The fourth-order valence-electron chi connectivity index (χ4n) is 5.01. The Morgan fingerprint density at radius 3 is 2.53 bits per heavy atom. The standard InChI is InChI=1S/C38H51FN4O2/c1-9-13-14-21-40-38(36-29(7)16-17-30(8)37(36)44-26-28(6)23-27(5)11-3)42-31-18-19-35(34(39)24-31)45-33-20-22-43(41-12-4)32(25-33)15-10-2/h12,14-22,24-25,27-28H,9-11,13,23,26H2,1-8H3,(H,40,42)/b21-14+,32-15+,41-12-. The lowest BCUT2D eigenvalue weighted by atomic mass is 9.96. The number of aliphatic imine (C=N–C) groups is 1. The summed E-state index contributed by atoms with van der Waals surface area (Å²) >= 11 is 0. The predicted molar refractivity (Wildman–Crippen MR) is 187 cm³/mol. The minimum atomic E-state index is -0.485. The lowest BCUT2D eigenvalue weighted by Gasteiger charge is -2.22. The van der Waals surface area contributed by atoms with Gasteiger partial charge in [-0.2, -0.15) is 5.10 Å². The second-order valence-electron chi connectivity index (χ2n) is 11.7. The summed E-state index contributed by atoms with van der Waals surface area (Å²) in [6, 6.07) is 9.02. The van der Waals surface area contributed by atoms with Crippen molar-refractivity contribution in [1.82, 2.24) is 5.01 Å². The zero-order valence-electron chi connectivity index (χ0n) is 28.4. The molecule has 1 N–H and O–H groups in total. The van der Waals surface area contributed by atoms with Gasteiger partial charge < -0.3 is 14.8 Å². The van der Waals surface area contributed by atoms with Gasteiger partial charge in [-0.3, -0.25) is 0 Å². The van der Waals surface area contributed by atoms with Crippen molar-refractivity contribution in [2.45, 2.75) is 87.5 Å². The normalized spacial score (nSPS) is 16.0. The molecule has 0 bridgehead atoms. The highest BCUT2D eigenvalue weighted by molar-refractivity contribution is 6.11. The Kier molecular flexibility index (Phi) is 14.1. The van der Waals surface area contributed by atoms with Crippen LogP contribution in [0, 0.1) is 31.5 Å². The van der Waals surface area contributed by atoms with Gasteiger partial charge in [0.1, 0.15) is 17.3 Å². The van der Waals surface area contributed by atoms with E-state index in [1.165, 1.54) is 6.07 Å². The third-order valence-electron chi connectivity index (χ3n) is 7.59. The zero-order chi connectivity index (χ0) is 32.8. The number of hydrogen-bond acceptors (Lipinski definition) is 5. The molecule has 1 aliphatic rings. The van der Waals surface area contributed by atoms with E-state index < -0.39 is 5.82 Å². The lowest BCUT2D eigenvalue weighted by Crippen LogP contribution is -2.19. The van der Waals surface area contributed by atoms with Crippen molar-refractivity contribution >= 4 is 17.7 Å². The monoisotopic (exact) mass is 614 g/mol. The summed E-state index contributed by atoms with van der Waals surface area (Å²) in [7, 11) is 0. The van der Waals surface area contributed by atoms with Crippen LogP contribution in [-0.2, 0) is 0 Å². The van der Waals surface area contributed by atoms with Gasteiger partial charge in [-0.15, -0.1) is 0 Å². The molecule has 0 radical (unpaired) electrons. The Balaban J connectivity index is 1.91. The van der Waals surface area contributed by atoms with Gasteiger partial charge in [-0.1, -0.05) is 71.7 Å². The summed E-state index contributed by atoms with van der Waals surface area (Å²) in [5, 5.41) is 9.48. The average molecular weight is 615 g/mol. The number of nitrogens with zero attached hydrogens (tertiary/aromatic N) is 3. The van der Waals surface area contributed by atoms with Crippen LogP contribution in [-0.4, -0.2) is 23.7 Å². The number of benzene rings is 2. The molecule has 3 rings (SSSR count).